The van der Waals surface area contributed by atoms with Crippen molar-refractivity contribution in [3.05, 3.63) is 18.5 Å². The van der Waals surface area contributed by atoms with Crippen molar-refractivity contribution in [1.82, 2.24) is 30.2 Å². The maximum absolute atomic E-state index is 12.4. The first-order chi connectivity index (χ1) is 16.0. The van der Waals surface area contributed by atoms with Gasteiger partial charge in [0.15, 0.2) is 0 Å². The normalized spacial score (nSPS) is 22.8. The summed E-state index contributed by atoms with van der Waals surface area (Å²) in [6, 6.07) is 1.96. The molecule has 0 atom stereocenters. The van der Waals surface area contributed by atoms with Crippen LogP contribution in [-0.2, 0) is 9.47 Å². The maximum atomic E-state index is 12.4. The smallest absolute Gasteiger partial charge is 0.317 e. The summed E-state index contributed by atoms with van der Waals surface area (Å²) in [5, 5.41) is 2.97. The molecule has 0 spiro atoms. The molecular weight excluding hydrogens is 428 g/mol. The number of hydrogen-bond acceptors (Lipinski definition) is 10. The molecule has 12 nitrogen and oxygen atoms in total. The van der Waals surface area contributed by atoms with Crippen LogP contribution < -0.4 is 20.7 Å². The van der Waals surface area contributed by atoms with Crippen molar-refractivity contribution in [2.75, 3.05) is 57.2 Å². The fourth-order valence-electron chi connectivity index (χ4n) is 3.88. The first kappa shape index (κ1) is 21.6. The van der Waals surface area contributed by atoms with Crippen molar-refractivity contribution in [3.8, 4) is 17.1 Å². The summed E-state index contributed by atoms with van der Waals surface area (Å²) in [6.45, 7) is 3.82. The lowest BCUT2D eigenvalue weighted by Crippen LogP contribution is -2.57. The molecule has 3 fully saturated rings. The van der Waals surface area contributed by atoms with Crippen LogP contribution in [0.3, 0.4) is 0 Å². The van der Waals surface area contributed by atoms with Gasteiger partial charge in [0.1, 0.15) is 6.10 Å². The SMILES string of the molecule is CN(C(=O)NC1COC1)C1CC(Oc2cc(-c3cnc(N)nc3)nc(N3CCOCC3)n2)C1. The molecule has 12 heteroatoms. The highest BCUT2D eigenvalue weighted by Crippen LogP contribution is 2.31. The summed E-state index contributed by atoms with van der Waals surface area (Å²) < 4.78 is 16.8. The van der Waals surface area contributed by atoms with Crippen molar-refractivity contribution in [3.63, 3.8) is 0 Å². The van der Waals surface area contributed by atoms with Gasteiger partial charge in [-0.1, -0.05) is 0 Å². The highest BCUT2D eigenvalue weighted by molar-refractivity contribution is 5.74. The standard InChI is InChI=1S/C21H28N8O4/c1-28(21(30)25-14-11-32-12-14)15-6-16(7-15)33-18-8-17(13-9-23-19(22)24-10-13)26-20(27-18)29-2-4-31-5-3-29/h8-10,14-16H,2-7,11-12H2,1H3,(H,25,30)(H2,22,23,24). The second-order valence-corrected chi connectivity index (χ2v) is 8.48. The van der Waals surface area contributed by atoms with E-state index in [0.29, 0.717) is 57.0 Å². The predicted molar refractivity (Wildman–Crippen MR) is 119 cm³/mol. The van der Waals surface area contributed by atoms with Crippen molar-refractivity contribution in [1.29, 1.82) is 0 Å². The summed E-state index contributed by atoms with van der Waals surface area (Å²) in [7, 11) is 1.82. The number of anilines is 2. The van der Waals surface area contributed by atoms with E-state index in [-0.39, 0.29) is 30.2 Å². The van der Waals surface area contributed by atoms with Crippen molar-refractivity contribution < 1.29 is 19.0 Å². The third-order valence-corrected chi connectivity index (χ3v) is 6.14. The Hall–Kier alpha value is -3.25. The van der Waals surface area contributed by atoms with Crippen LogP contribution in [0.15, 0.2) is 18.5 Å². The van der Waals surface area contributed by atoms with Crippen LogP contribution in [0.2, 0.25) is 0 Å². The van der Waals surface area contributed by atoms with Gasteiger partial charge in [-0.3, -0.25) is 0 Å². The number of aromatic nitrogens is 4. The highest BCUT2D eigenvalue weighted by Gasteiger charge is 2.37. The van der Waals surface area contributed by atoms with Crippen molar-refractivity contribution >= 4 is 17.9 Å². The van der Waals surface area contributed by atoms with Gasteiger partial charge in [0.05, 0.1) is 38.2 Å². The van der Waals surface area contributed by atoms with E-state index in [0.717, 1.165) is 18.4 Å². The van der Waals surface area contributed by atoms with Crippen LogP contribution in [0.1, 0.15) is 12.8 Å². The summed E-state index contributed by atoms with van der Waals surface area (Å²) >= 11 is 0. The molecule has 1 saturated carbocycles. The van der Waals surface area contributed by atoms with Gasteiger partial charge < -0.3 is 35.1 Å². The minimum absolute atomic E-state index is 0.0276. The molecule has 0 aromatic carbocycles. The van der Waals surface area contributed by atoms with E-state index in [1.165, 1.54) is 0 Å². The lowest BCUT2D eigenvalue weighted by molar-refractivity contribution is -0.00603. The maximum Gasteiger partial charge on any atom is 0.317 e. The van der Waals surface area contributed by atoms with Gasteiger partial charge in [-0.05, 0) is 0 Å². The minimum atomic E-state index is -0.0750. The number of ether oxygens (including phenoxy) is 3. The van der Waals surface area contributed by atoms with Crippen molar-refractivity contribution in [2.45, 2.75) is 31.0 Å². The minimum Gasteiger partial charge on any atom is -0.474 e. The van der Waals surface area contributed by atoms with Gasteiger partial charge in [-0.15, -0.1) is 0 Å². The number of morpholine rings is 1. The molecular formula is C21H28N8O4. The number of amides is 2. The number of nitrogens with two attached hydrogens (primary N) is 1. The van der Waals surface area contributed by atoms with Crippen molar-refractivity contribution in [2.24, 2.45) is 0 Å². The Labute approximate surface area is 191 Å². The number of nitrogens with zero attached hydrogens (tertiary/aromatic N) is 6. The topological polar surface area (TPSA) is 141 Å². The fraction of sp³-hybridized carbons (Fsp3) is 0.571. The molecule has 1 aliphatic carbocycles. The summed E-state index contributed by atoms with van der Waals surface area (Å²) in [5.41, 5.74) is 7.02. The first-order valence-corrected chi connectivity index (χ1v) is 11.1. The molecule has 2 aromatic rings. The van der Waals surface area contributed by atoms with Crippen LogP contribution in [0.5, 0.6) is 5.88 Å². The molecule has 5 rings (SSSR count). The molecule has 2 aromatic heterocycles. The van der Waals surface area contributed by atoms with Gasteiger partial charge in [-0.25, -0.2) is 19.7 Å². The number of nitrogen functional groups attached to an aromatic ring is 1. The Morgan fingerprint density at radius 2 is 1.91 bits per heavy atom. The molecule has 0 bridgehead atoms. The predicted octanol–water partition coefficient (Wildman–Crippen LogP) is 0.302. The van der Waals surface area contributed by atoms with Gasteiger partial charge >= 0.3 is 6.03 Å². The van der Waals surface area contributed by atoms with E-state index < -0.39 is 0 Å². The molecule has 176 valence electrons. The Morgan fingerprint density at radius 3 is 2.58 bits per heavy atom. The Morgan fingerprint density at radius 1 is 1.18 bits per heavy atom. The number of hydrogen-bond donors (Lipinski definition) is 2. The quantitative estimate of drug-likeness (QED) is 0.623. The fourth-order valence-corrected chi connectivity index (χ4v) is 3.88. The number of nitrogens with one attached hydrogen (secondary N) is 1. The molecule has 4 heterocycles. The van der Waals surface area contributed by atoms with Gasteiger partial charge in [0.2, 0.25) is 17.8 Å². The number of urea groups is 1. The summed E-state index contributed by atoms with van der Waals surface area (Å²) in [6.07, 6.45) is 4.72. The largest absolute Gasteiger partial charge is 0.474 e. The number of rotatable bonds is 6. The van der Waals surface area contributed by atoms with Gasteiger partial charge in [0, 0.05) is 63.0 Å². The Balaban J connectivity index is 1.26. The van der Waals surface area contributed by atoms with Crippen LogP contribution >= 0.6 is 0 Å². The zero-order valence-corrected chi connectivity index (χ0v) is 18.5. The Bertz CT molecular complexity index is 975. The number of carbonyl (C=O) groups is 1. The van der Waals surface area contributed by atoms with E-state index in [4.69, 9.17) is 24.9 Å². The lowest BCUT2D eigenvalue weighted by atomic mass is 9.88. The van der Waals surface area contributed by atoms with Crippen LogP contribution in [-0.4, -0.2) is 95.6 Å². The molecule has 3 N–H and O–H groups in total. The van der Waals surface area contributed by atoms with Crippen LogP contribution in [0.4, 0.5) is 16.7 Å². The molecule has 0 unspecified atom stereocenters. The molecule has 3 aliphatic rings. The average Bonchev–Trinajstić information content (AvgIpc) is 2.78. The zero-order valence-electron chi connectivity index (χ0n) is 18.5. The third-order valence-electron chi connectivity index (χ3n) is 6.14. The third kappa shape index (κ3) is 4.91. The molecule has 0 radical (unpaired) electrons. The zero-order chi connectivity index (χ0) is 22.8. The van der Waals surface area contributed by atoms with E-state index in [1.807, 2.05) is 7.05 Å². The summed E-state index contributed by atoms with van der Waals surface area (Å²) in [5.74, 6) is 1.27. The van der Waals surface area contributed by atoms with Crippen LogP contribution in [0.25, 0.3) is 11.3 Å². The molecule has 2 amide bonds. The van der Waals surface area contributed by atoms with Gasteiger partial charge in [0.25, 0.3) is 0 Å². The lowest BCUT2D eigenvalue weighted by Gasteiger charge is -2.41. The van der Waals surface area contributed by atoms with E-state index in [1.54, 1.807) is 23.4 Å². The summed E-state index contributed by atoms with van der Waals surface area (Å²) in [4.78, 5) is 33.7. The van der Waals surface area contributed by atoms with Crippen LogP contribution in [0, 0.1) is 0 Å². The highest BCUT2D eigenvalue weighted by atomic mass is 16.5. The molecule has 2 aliphatic heterocycles. The first-order valence-electron chi connectivity index (χ1n) is 11.1. The van der Waals surface area contributed by atoms with E-state index >= 15 is 0 Å². The van der Waals surface area contributed by atoms with E-state index in [9.17, 15) is 4.79 Å². The molecule has 2 saturated heterocycles. The molecule has 33 heavy (non-hydrogen) atoms. The second-order valence-electron chi connectivity index (χ2n) is 8.48. The Kier molecular flexibility index (Phi) is 6.09. The second kappa shape index (κ2) is 9.32. The monoisotopic (exact) mass is 456 g/mol. The average molecular weight is 457 g/mol. The van der Waals surface area contributed by atoms with E-state index in [2.05, 4.69) is 25.2 Å². The number of carbonyl (C=O) groups excluding carboxylic acids is 1. The van der Waals surface area contributed by atoms with Gasteiger partial charge in [-0.2, -0.15) is 4.98 Å².